The van der Waals surface area contributed by atoms with E-state index in [1.807, 2.05) is 48.2 Å². The second kappa shape index (κ2) is 6.94. The molecule has 0 saturated carbocycles. The van der Waals surface area contributed by atoms with Gasteiger partial charge in [-0.05, 0) is 31.0 Å². The molecule has 1 aliphatic rings. The van der Waals surface area contributed by atoms with Crippen molar-refractivity contribution in [2.24, 2.45) is 0 Å². The lowest BCUT2D eigenvalue weighted by molar-refractivity contribution is 0.0703. The van der Waals surface area contributed by atoms with Crippen molar-refractivity contribution in [2.75, 3.05) is 32.1 Å². The van der Waals surface area contributed by atoms with Crippen LogP contribution in [-0.4, -0.2) is 50.1 Å². The van der Waals surface area contributed by atoms with Crippen molar-refractivity contribution in [1.82, 2.24) is 10.2 Å². The predicted octanol–water partition coefficient (Wildman–Crippen LogP) is 2.36. The summed E-state index contributed by atoms with van der Waals surface area (Å²) in [5.41, 5.74) is 1.86. The number of piperidine rings is 1. The lowest BCUT2D eigenvalue weighted by Gasteiger charge is -2.33. The molecule has 0 bridgehead atoms. The average molecular weight is 289 g/mol. The van der Waals surface area contributed by atoms with Crippen molar-refractivity contribution in [3.8, 4) is 0 Å². The van der Waals surface area contributed by atoms with Crippen LogP contribution in [0.3, 0.4) is 0 Å². The maximum atomic E-state index is 12.6. The van der Waals surface area contributed by atoms with Gasteiger partial charge in [0.2, 0.25) is 0 Å². The summed E-state index contributed by atoms with van der Waals surface area (Å²) in [5, 5.41) is 3.56. The number of nitrogens with zero attached hydrogens (tertiary/aromatic N) is 2. The van der Waals surface area contributed by atoms with Crippen molar-refractivity contribution in [1.29, 1.82) is 0 Å². The van der Waals surface area contributed by atoms with Gasteiger partial charge >= 0.3 is 0 Å². The highest BCUT2D eigenvalue weighted by Gasteiger charge is 2.23. The van der Waals surface area contributed by atoms with E-state index in [-0.39, 0.29) is 5.91 Å². The predicted molar refractivity (Wildman–Crippen MR) is 88.0 cm³/mol. The smallest absolute Gasteiger partial charge is 0.253 e. The molecule has 1 amide bonds. The molecule has 0 atom stereocenters. The zero-order chi connectivity index (χ0) is 15.4. The number of hydrogen-bond donors (Lipinski definition) is 1. The molecular weight excluding hydrogens is 262 g/mol. The minimum absolute atomic E-state index is 0.154. The topological polar surface area (TPSA) is 35.6 Å². The van der Waals surface area contributed by atoms with Gasteiger partial charge in [-0.15, -0.1) is 0 Å². The fourth-order valence-electron chi connectivity index (χ4n) is 2.82. The Morgan fingerprint density at radius 2 is 1.95 bits per heavy atom. The van der Waals surface area contributed by atoms with E-state index in [0.29, 0.717) is 12.1 Å². The van der Waals surface area contributed by atoms with Crippen LogP contribution in [0.2, 0.25) is 0 Å². The van der Waals surface area contributed by atoms with Crippen molar-refractivity contribution < 1.29 is 4.79 Å². The molecule has 0 unspecified atom stereocenters. The summed E-state index contributed by atoms with van der Waals surface area (Å²) in [4.78, 5) is 16.6. The number of likely N-dealkylation sites (tertiary alicyclic amines) is 1. The van der Waals surface area contributed by atoms with Crippen molar-refractivity contribution in [3.05, 3.63) is 29.8 Å². The second-order valence-electron chi connectivity index (χ2n) is 6.33. The third-order valence-corrected chi connectivity index (χ3v) is 3.96. The monoisotopic (exact) mass is 289 g/mol. The average Bonchev–Trinajstić information content (AvgIpc) is 2.47. The number of carbonyl (C=O) groups is 1. The largest absolute Gasteiger partial charge is 0.378 e. The standard InChI is InChI=1S/C17H27N3O/c1-13(2)18-15-8-10-20(11-9-15)17(21)14-6-5-7-16(12-14)19(3)4/h5-7,12-13,15,18H,8-11H2,1-4H3. The van der Waals surface area contributed by atoms with Crippen LogP contribution in [0.15, 0.2) is 24.3 Å². The summed E-state index contributed by atoms with van der Waals surface area (Å²) in [6.07, 6.45) is 2.08. The molecule has 0 aliphatic carbocycles. The number of carbonyl (C=O) groups excluding carboxylic acids is 1. The van der Waals surface area contributed by atoms with Crippen molar-refractivity contribution in [2.45, 2.75) is 38.8 Å². The highest BCUT2D eigenvalue weighted by molar-refractivity contribution is 5.95. The van der Waals surface area contributed by atoms with E-state index in [4.69, 9.17) is 0 Å². The third kappa shape index (κ3) is 4.21. The molecule has 0 aromatic heterocycles. The maximum absolute atomic E-state index is 12.6. The van der Waals surface area contributed by atoms with Crippen LogP contribution in [0.5, 0.6) is 0 Å². The van der Waals surface area contributed by atoms with Gasteiger partial charge < -0.3 is 15.1 Å². The molecule has 21 heavy (non-hydrogen) atoms. The molecule has 1 aliphatic heterocycles. The van der Waals surface area contributed by atoms with Crippen LogP contribution in [0.1, 0.15) is 37.0 Å². The van der Waals surface area contributed by atoms with Crippen LogP contribution in [0.4, 0.5) is 5.69 Å². The molecule has 1 saturated heterocycles. The van der Waals surface area contributed by atoms with E-state index in [2.05, 4.69) is 19.2 Å². The molecule has 1 fully saturated rings. The molecule has 4 heteroatoms. The third-order valence-electron chi connectivity index (χ3n) is 3.96. The van der Waals surface area contributed by atoms with E-state index in [9.17, 15) is 4.79 Å². The Kier molecular flexibility index (Phi) is 5.23. The molecule has 1 N–H and O–H groups in total. The lowest BCUT2D eigenvalue weighted by atomic mass is 10.0. The molecule has 1 aromatic rings. The molecule has 4 nitrogen and oxygen atoms in total. The van der Waals surface area contributed by atoms with E-state index >= 15 is 0 Å². The zero-order valence-electron chi connectivity index (χ0n) is 13.6. The van der Waals surface area contributed by atoms with Gasteiger partial charge in [-0.1, -0.05) is 19.9 Å². The molecule has 1 heterocycles. The molecule has 0 radical (unpaired) electrons. The first-order valence-electron chi connectivity index (χ1n) is 7.80. The molecule has 2 rings (SSSR count). The van der Waals surface area contributed by atoms with Gasteiger partial charge in [-0.2, -0.15) is 0 Å². The first-order valence-corrected chi connectivity index (χ1v) is 7.80. The van der Waals surface area contributed by atoms with Gasteiger partial charge in [0.05, 0.1) is 0 Å². The van der Waals surface area contributed by atoms with Gasteiger partial charge in [-0.3, -0.25) is 4.79 Å². The van der Waals surface area contributed by atoms with E-state index in [1.54, 1.807) is 0 Å². The number of rotatable bonds is 4. The summed E-state index contributed by atoms with van der Waals surface area (Å²) in [5.74, 6) is 0.154. The van der Waals surface area contributed by atoms with Gasteiger partial charge in [0, 0.05) is 50.5 Å². The normalized spacial score (nSPS) is 16.3. The van der Waals surface area contributed by atoms with Crippen LogP contribution in [0, 0.1) is 0 Å². The zero-order valence-corrected chi connectivity index (χ0v) is 13.6. The Labute approximate surface area is 128 Å². The Bertz CT molecular complexity index is 477. The summed E-state index contributed by atoms with van der Waals surface area (Å²) in [7, 11) is 3.99. The number of amides is 1. The maximum Gasteiger partial charge on any atom is 0.253 e. The minimum atomic E-state index is 0.154. The molecule has 116 valence electrons. The van der Waals surface area contributed by atoms with Gasteiger partial charge in [-0.25, -0.2) is 0 Å². The Morgan fingerprint density at radius 3 is 2.52 bits per heavy atom. The fraction of sp³-hybridized carbons (Fsp3) is 0.588. The van der Waals surface area contributed by atoms with Gasteiger partial charge in [0.1, 0.15) is 0 Å². The summed E-state index contributed by atoms with van der Waals surface area (Å²) in [6, 6.07) is 8.91. The first kappa shape index (κ1) is 15.8. The van der Waals surface area contributed by atoms with E-state index in [0.717, 1.165) is 37.2 Å². The molecular formula is C17H27N3O. The highest BCUT2D eigenvalue weighted by Crippen LogP contribution is 2.18. The fourth-order valence-corrected chi connectivity index (χ4v) is 2.82. The summed E-state index contributed by atoms with van der Waals surface area (Å²) in [6.45, 7) is 6.03. The van der Waals surface area contributed by atoms with Crippen molar-refractivity contribution >= 4 is 11.6 Å². The Morgan fingerprint density at radius 1 is 1.29 bits per heavy atom. The second-order valence-corrected chi connectivity index (χ2v) is 6.33. The Hall–Kier alpha value is -1.55. The van der Waals surface area contributed by atoms with Gasteiger partial charge in [0.25, 0.3) is 5.91 Å². The van der Waals surface area contributed by atoms with Crippen LogP contribution >= 0.6 is 0 Å². The van der Waals surface area contributed by atoms with E-state index in [1.165, 1.54) is 0 Å². The molecule has 0 spiro atoms. The van der Waals surface area contributed by atoms with Gasteiger partial charge in [0.15, 0.2) is 0 Å². The van der Waals surface area contributed by atoms with Crippen molar-refractivity contribution in [3.63, 3.8) is 0 Å². The number of anilines is 1. The van der Waals surface area contributed by atoms with Crippen LogP contribution in [0.25, 0.3) is 0 Å². The minimum Gasteiger partial charge on any atom is -0.378 e. The highest BCUT2D eigenvalue weighted by atomic mass is 16.2. The SMILES string of the molecule is CC(C)NC1CCN(C(=O)c2cccc(N(C)C)c2)CC1. The lowest BCUT2D eigenvalue weighted by Crippen LogP contribution is -2.46. The quantitative estimate of drug-likeness (QED) is 0.924. The van der Waals surface area contributed by atoms with E-state index < -0.39 is 0 Å². The van der Waals surface area contributed by atoms with Crippen LogP contribution < -0.4 is 10.2 Å². The first-order chi connectivity index (χ1) is 9.97. The molecule has 1 aromatic carbocycles. The number of nitrogens with one attached hydrogen (secondary N) is 1. The summed E-state index contributed by atoms with van der Waals surface area (Å²) >= 11 is 0. The number of benzene rings is 1. The summed E-state index contributed by atoms with van der Waals surface area (Å²) < 4.78 is 0. The number of hydrogen-bond acceptors (Lipinski definition) is 3. The Balaban J connectivity index is 1.97. The van der Waals surface area contributed by atoms with Crippen LogP contribution in [-0.2, 0) is 0 Å².